The molecule has 2 unspecified atom stereocenters. The van der Waals surface area contributed by atoms with Crippen molar-refractivity contribution in [3.05, 3.63) is 35.6 Å². The number of carbonyl (C=O) groups excluding carboxylic acids is 1. The number of piperazine rings is 1. The molecule has 0 saturated carbocycles. The predicted octanol–water partition coefficient (Wildman–Crippen LogP) is 1.69. The molecule has 2 fully saturated rings. The Morgan fingerprint density at radius 1 is 1.27 bits per heavy atom. The molecule has 4 nitrogen and oxygen atoms in total. The van der Waals surface area contributed by atoms with Gasteiger partial charge in [-0.25, -0.2) is 4.39 Å². The minimum absolute atomic E-state index is 0.104. The zero-order valence-corrected chi connectivity index (χ0v) is 13.6. The van der Waals surface area contributed by atoms with Gasteiger partial charge in [-0.15, -0.1) is 11.8 Å². The summed E-state index contributed by atoms with van der Waals surface area (Å²) in [5.74, 6) is -0.109. The average molecular weight is 323 g/mol. The molecule has 2 heterocycles. The Morgan fingerprint density at radius 3 is 2.73 bits per heavy atom. The van der Waals surface area contributed by atoms with Crippen LogP contribution in [0.15, 0.2) is 24.3 Å². The first-order valence-corrected chi connectivity index (χ1v) is 8.74. The monoisotopic (exact) mass is 323 g/mol. The molecule has 0 radical (unpaired) electrons. The molecule has 3 rings (SSSR count). The van der Waals surface area contributed by atoms with E-state index >= 15 is 0 Å². The molecule has 2 saturated heterocycles. The van der Waals surface area contributed by atoms with Gasteiger partial charge in [-0.2, -0.15) is 0 Å². The molecule has 0 bridgehead atoms. The third kappa shape index (κ3) is 3.29. The van der Waals surface area contributed by atoms with Crippen molar-refractivity contribution in [3.63, 3.8) is 0 Å². The second-order valence-electron chi connectivity index (χ2n) is 5.78. The van der Waals surface area contributed by atoms with Gasteiger partial charge in [0.15, 0.2) is 0 Å². The van der Waals surface area contributed by atoms with Crippen molar-refractivity contribution < 1.29 is 9.18 Å². The SMILES string of the molecule is CC1SC(c2ccccc2F)N(CCN2CCNCC2)C1=O. The third-order valence-electron chi connectivity index (χ3n) is 4.28. The Hall–Kier alpha value is -1.11. The predicted molar refractivity (Wildman–Crippen MR) is 87.2 cm³/mol. The molecule has 1 aromatic rings. The number of hydrogen-bond acceptors (Lipinski definition) is 4. The number of thioether (sulfide) groups is 1. The summed E-state index contributed by atoms with van der Waals surface area (Å²) in [6.45, 7) is 7.43. The van der Waals surface area contributed by atoms with E-state index in [4.69, 9.17) is 0 Å². The molecule has 0 spiro atoms. The molecule has 1 N–H and O–H groups in total. The highest BCUT2D eigenvalue weighted by Crippen LogP contribution is 2.43. The second kappa shape index (κ2) is 6.98. The molecule has 1 aromatic carbocycles. The van der Waals surface area contributed by atoms with Crippen molar-refractivity contribution in [2.75, 3.05) is 39.3 Å². The van der Waals surface area contributed by atoms with Crippen LogP contribution in [0.5, 0.6) is 0 Å². The highest BCUT2D eigenvalue weighted by molar-refractivity contribution is 8.01. The van der Waals surface area contributed by atoms with Gasteiger partial charge in [0.2, 0.25) is 5.91 Å². The summed E-state index contributed by atoms with van der Waals surface area (Å²) in [6, 6.07) is 6.78. The highest BCUT2D eigenvalue weighted by Gasteiger charge is 2.39. The summed E-state index contributed by atoms with van der Waals surface area (Å²) >= 11 is 1.54. The van der Waals surface area contributed by atoms with E-state index < -0.39 is 0 Å². The zero-order chi connectivity index (χ0) is 15.5. The van der Waals surface area contributed by atoms with Crippen LogP contribution in [-0.2, 0) is 4.79 Å². The van der Waals surface area contributed by atoms with Gasteiger partial charge in [-0.05, 0) is 13.0 Å². The average Bonchev–Trinajstić information content (AvgIpc) is 2.82. The largest absolute Gasteiger partial charge is 0.324 e. The smallest absolute Gasteiger partial charge is 0.236 e. The van der Waals surface area contributed by atoms with Gasteiger partial charge in [0, 0.05) is 44.8 Å². The topological polar surface area (TPSA) is 35.6 Å². The number of nitrogens with one attached hydrogen (secondary N) is 1. The van der Waals surface area contributed by atoms with Crippen molar-refractivity contribution in [1.29, 1.82) is 0 Å². The summed E-state index contributed by atoms with van der Waals surface area (Å²) in [6.07, 6.45) is 0. The van der Waals surface area contributed by atoms with Crippen LogP contribution in [0.3, 0.4) is 0 Å². The van der Waals surface area contributed by atoms with Crippen LogP contribution < -0.4 is 5.32 Å². The van der Waals surface area contributed by atoms with Gasteiger partial charge in [-0.1, -0.05) is 18.2 Å². The summed E-state index contributed by atoms with van der Waals surface area (Å²) in [7, 11) is 0. The van der Waals surface area contributed by atoms with Gasteiger partial charge in [0.05, 0.1) is 5.25 Å². The number of hydrogen-bond donors (Lipinski definition) is 1. The van der Waals surface area contributed by atoms with Crippen molar-refractivity contribution in [2.24, 2.45) is 0 Å². The van der Waals surface area contributed by atoms with Crippen LogP contribution >= 0.6 is 11.8 Å². The van der Waals surface area contributed by atoms with E-state index in [2.05, 4.69) is 10.2 Å². The Bertz CT molecular complexity index is 536. The van der Waals surface area contributed by atoms with E-state index in [-0.39, 0.29) is 22.3 Å². The Labute approximate surface area is 135 Å². The van der Waals surface area contributed by atoms with Crippen LogP contribution in [-0.4, -0.2) is 60.2 Å². The second-order valence-corrected chi connectivity index (χ2v) is 7.20. The van der Waals surface area contributed by atoms with Crippen molar-refractivity contribution in [3.8, 4) is 0 Å². The highest BCUT2D eigenvalue weighted by atomic mass is 32.2. The number of halogens is 1. The summed E-state index contributed by atoms with van der Waals surface area (Å²) in [5.41, 5.74) is 0.616. The van der Waals surface area contributed by atoms with Crippen LogP contribution in [0.1, 0.15) is 17.9 Å². The number of rotatable bonds is 4. The van der Waals surface area contributed by atoms with Gasteiger partial charge < -0.3 is 10.2 Å². The van der Waals surface area contributed by atoms with Crippen LogP contribution in [0.2, 0.25) is 0 Å². The van der Waals surface area contributed by atoms with Crippen molar-refractivity contribution in [1.82, 2.24) is 15.1 Å². The maximum atomic E-state index is 14.1. The van der Waals surface area contributed by atoms with Crippen molar-refractivity contribution >= 4 is 17.7 Å². The maximum absolute atomic E-state index is 14.1. The Morgan fingerprint density at radius 2 is 2.00 bits per heavy atom. The molecule has 2 aliphatic heterocycles. The van der Waals surface area contributed by atoms with E-state index in [1.165, 1.54) is 6.07 Å². The van der Waals surface area contributed by atoms with Crippen LogP contribution in [0.4, 0.5) is 4.39 Å². The lowest BCUT2D eigenvalue weighted by molar-refractivity contribution is -0.130. The van der Waals surface area contributed by atoms with Crippen molar-refractivity contribution in [2.45, 2.75) is 17.5 Å². The quantitative estimate of drug-likeness (QED) is 0.915. The van der Waals surface area contributed by atoms with E-state index in [9.17, 15) is 9.18 Å². The normalized spacial score (nSPS) is 26.6. The van der Waals surface area contributed by atoms with E-state index in [1.54, 1.807) is 23.9 Å². The third-order valence-corrected chi connectivity index (χ3v) is 5.66. The fourth-order valence-corrected chi connectivity index (χ4v) is 4.33. The molecule has 22 heavy (non-hydrogen) atoms. The lowest BCUT2D eigenvalue weighted by atomic mass is 10.2. The molecule has 120 valence electrons. The van der Waals surface area contributed by atoms with Crippen LogP contribution in [0, 0.1) is 5.82 Å². The standard InChI is InChI=1S/C16H22FN3OS/c1-12-15(21)20(11-10-19-8-6-18-7-9-19)16(22-12)13-4-2-3-5-14(13)17/h2-5,12,16,18H,6-11H2,1H3. The van der Waals surface area contributed by atoms with E-state index in [0.29, 0.717) is 12.1 Å². The summed E-state index contributed by atoms with van der Waals surface area (Å²) in [4.78, 5) is 16.6. The molecule has 6 heteroatoms. The first-order valence-electron chi connectivity index (χ1n) is 7.80. The summed E-state index contributed by atoms with van der Waals surface area (Å²) in [5, 5.41) is 3.02. The number of amides is 1. The molecule has 1 amide bonds. The van der Waals surface area contributed by atoms with Gasteiger partial charge in [0.25, 0.3) is 0 Å². The van der Waals surface area contributed by atoms with Gasteiger partial charge >= 0.3 is 0 Å². The number of nitrogens with zero attached hydrogens (tertiary/aromatic N) is 2. The van der Waals surface area contributed by atoms with E-state index in [1.807, 2.05) is 17.9 Å². The fourth-order valence-electron chi connectivity index (χ4n) is 3.00. The molecule has 2 atom stereocenters. The van der Waals surface area contributed by atoms with Gasteiger partial charge in [-0.3, -0.25) is 9.69 Å². The first kappa shape index (κ1) is 15.8. The van der Waals surface area contributed by atoms with Gasteiger partial charge in [0.1, 0.15) is 11.2 Å². The lowest BCUT2D eigenvalue weighted by Gasteiger charge is -2.31. The summed E-state index contributed by atoms with van der Waals surface area (Å²) < 4.78 is 14.1. The Kier molecular flexibility index (Phi) is 5.00. The molecular weight excluding hydrogens is 301 g/mol. The molecular formula is C16H22FN3OS. The number of carbonyl (C=O) groups is 1. The maximum Gasteiger partial charge on any atom is 0.236 e. The molecule has 0 aromatic heterocycles. The fraction of sp³-hybridized carbons (Fsp3) is 0.562. The molecule has 0 aliphatic carbocycles. The zero-order valence-electron chi connectivity index (χ0n) is 12.8. The lowest BCUT2D eigenvalue weighted by Crippen LogP contribution is -2.47. The first-order chi connectivity index (χ1) is 10.7. The minimum atomic E-state index is -0.228. The number of benzene rings is 1. The van der Waals surface area contributed by atoms with Crippen LogP contribution in [0.25, 0.3) is 0 Å². The molecule has 2 aliphatic rings. The Balaban J connectivity index is 1.71. The van der Waals surface area contributed by atoms with E-state index in [0.717, 1.165) is 32.7 Å². The minimum Gasteiger partial charge on any atom is -0.324 e.